The Labute approximate surface area is 151 Å². The topological polar surface area (TPSA) is 99.7 Å². The Morgan fingerprint density at radius 3 is 2.65 bits per heavy atom. The Kier molecular flexibility index (Phi) is 4.38. The molecule has 0 bridgehead atoms. The van der Waals surface area contributed by atoms with Crippen LogP contribution in [0, 0.1) is 16.0 Å². The summed E-state index contributed by atoms with van der Waals surface area (Å²) in [4.78, 5) is 10.6. The van der Waals surface area contributed by atoms with Gasteiger partial charge in [-0.05, 0) is 48.1 Å². The summed E-state index contributed by atoms with van der Waals surface area (Å²) in [5.74, 6) is 2.13. The number of hydrogen-bond acceptors (Lipinski definition) is 6. The van der Waals surface area contributed by atoms with Crippen molar-refractivity contribution in [3.63, 3.8) is 0 Å². The number of nitrogens with two attached hydrogens (primary N) is 1. The molecule has 136 valence electrons. The highest BCUT2D eigenvalue weighted by Gasteiger charge is 2.32. The van der Waals surface area contributed by atoms with E-state index in [0.717, 1.165) is 22.6 Å². The molecule has 2 aromatic carbocycles. The number of hydrogen-bond donors (Lipinski definition) is 2. The third-order valence-electron chi connectivity index (χ3n) is 4.84. The van der Waals surface area contributed by atoms with E-state index in [0.29, 0.717) is 25.7 Å². The molecule has 1 heterocycles. The van der Waals surface area contributed by atoms with E-state index in [1.54, 1.807) is 6.07 Å². The van der Waals surface area contributed by atoms with Crippen LogP contribution < -0.4 is 20.5 Å². The molecular weight excluding hydrogens is 334 g/mol. The molecule has 1 atom stereocenters. The second kappa shape index (κ2) is 6.84. The quantitative estimate of drug-likeness (QED) is 0.469. The molecule has 0 saturated heterocycles. The van der Waals surface area contributed by atoms with Crippen LogP contribution >= 0.6 is 0 Å². The predicted octanol–water partition coefficient (Wildman–Crippen LogP) is 3.19. The number of nitrogen functional groups attached to an aromatic ring is 1. The summed E-state index contributed by atoms with van der Waals surface area (Å²) >= 11 is 0. The summed E-state index contributed by atoms with van der Waals surface area (Å²) in [6, 6.07) is 11.2. The van der Waals surface area contributed by atoms with Crippen LogP contribution in [0.4, 0.5) is 11.4 Å². The Morgan fingerprint density at radius 1 is 1.15 bits per heavy atom. The van der Waals surface area contributed by atoms with Crippen molar-refractivity contribution in [2.45, 2.75) is 25.4 Å². The molecule has 0 aromatic heterocycles. The summed E-state index contributed by atoms with van der Waals surface area (Å²) < 4.78 is 11.3. The van der Waals surface area contributed by atoms with Gasteiger partial charge in [-0.15, -0.1) is 0 Å². The van der Waals surface area contributed by atoms with Crippen LogP contribution in [0.3, 0.4) is 0 Å². The zero-order valence-electron chi connectivity index (χ0n) is 14.3. The Morgan fingerprint density at radius 2 is 1.92 bits per heavy atom. The van der Waals surface area contributed by atoms with Crippen LogP contribution in [0.25, 0.3) is 0 Å². The monoisotopic (exact) mass is 355 g/mol. The number of fused-ring (bicyclic) bond motifs is 1. The van der Waals surface area contributed by atoms with Crippen LogP contribution in [-0.2, 0) is 6.54 Å². The molecular formula is C19H21N3O4. The molecule has 2 aromatic rings. The smallest absolute Gasteiger partial charge is 0.292 e. The van der Waals surface area contributed by atoms with E-state index in [4.69, 9.17) is 15.2 Å². The minimum Gasteiger partial charge on any atom is -0.486 e. The molecule has 1 fully saturated rings. The second-order valence-electron chi connectivity index (χ2n) is 6.75. The maximum Gasteiger partial charge on any atom is 0.292 e. The van der Waals surface area contributed by atoms with Crippen molar-refractivity contribution in [2.75, 3.05) is 18.9 Å². The van der Waals surface area contributed by atoms with Crippen LogP contribution in [-0.4, -0.2) is 18.1 Å². The van der Waals surface area contributed by atoms with E-state index in [1.165, 1.54) is 18.9 Å². The molecule has 3 N–H and O–H groups in total. The van der Waals surface area contributed by atoms with E-state index in [2.05, 4.69) is 11.4 Å². The zero-order chi connectivity index (χ0) is 18.1. The Hall–Kier alpha value is -2.80. The summed E-state index contributed by atoms with van der Waals surface area (Å²) in [5, 5.41) is 14.6. The normalized spacial score (nSPS) is 16.9. The average Bonchev–Trinajstić information content (AvgIpc) is 3.48. The fourth-order valence-electron chi connectivity index (χ4n) is 3.32. The Balaban J connectivity index is 1.52. The van der Waals surface area contributed by atoms with E-state index in [9.17, 15) is 10.1 Å². The van der Waals surface area contributed by atoms with Gasteiger partial charge in [-0.1, -0.05) is 12.1 Å². The SMILES string of the molecule is Nc1ccc(CN[C@H](c2ccc3c(c2)OCCO3)C2CC2)cc1[N+](=O)[O-]. The molecule has 1 aliphatic heterocycles. The number of ether oxygens (including phenoxy) is 2. The first-order valence-corrected chi connectivity index (χ1v) is 8.77. The van der Waals surface area contributed by atoms with Gasteiger partial charge in [-0.2, -0.15) is 0 Å². The van der Waals surface area contributed by atoms with E-state index < -0.39 is 4.92 Å². The average molecular weight is 355 g/mol. The highest BCUT2D eigenvalue weighted by atomic mass is 16.6. The fourth-order valence-corrected chi connectivity index (χ4v) is 3.32. The van der Waals surface area contributed by atoms with Gasteiger partial charge in [0.15, 0.2) is 11.5 Å². The lowest BCUT2D eigenvalue weighted by Crippen LogP contribution is -2.23. The molecule has 7 heteroatoms. The maximum absolute atomic E-state index is 11.1. The Bertz CT molecular complexity index is 836. The largest absolute Gasteiger partial charge is 0.486 e. The van der Waals surface area contributed by atoms with Gasteiger partial charge in [0.1, 0.15) is 18.9 Å². The zero-order valence-corrected chi connectivity index (χ0v) is 14.3. The van der Waals surface area contributed by atoms with E-state index >= 15 is 0 Å². The van der Waals surface area contributed by atoms with Crippen molar-refractivity contribution in [1.29, 1.82) is 0 Å². The molecule has 0 unspecified atom stereocenters. The summed E-state index contributed by atoms with van der Waals surface area (Å²) in [6.07, 6.45) is 2.35. The first-order valence-electron chi connectivity index (χ1n) is 8.77. The third-order valence-corrected chi connectivity index (χ3v) is 4.84. The molecule has 1 aliphatic carbocycles. The number of anilines is 1. The number of nitrogens with zero attached hydrogens (tertiary/aromatic N) is 1. The fraction of sp³-hybridized carbons (Fsp3) is 0.368. The van der Waals surface area contributed by atoms with Crippen molar-refractivity contribution >= 4 is 11.4 Å². The van der Waals surface area contributed by atoms with E-state index in [-0.39, 0.29) is 17.4 Å². The lowest BCUT2D eigenvalue weighted by Gasteiger charge is -2.23. The molecule has 4 rings (SSSR count). The van der Waals surface area contributed by atoms with Crippen molar-refractivity contribution in [2.24, 2.45) is 5.92 Å². The third kappa shape index (κ3) is 3.43. The van der Waals surface area contributed by atoms with E-state index in [1.807, 2.05) is 18.2 Å². The van der Waals surface area contributed by atoms with Crippen molar-refractivity contribution in [3.8, 4) is 11.5 Å². The maximum atomic E-state index is 11.1. The van der Waals surface area contributed by atoms with Gasteiger partial charge in [0.25, 0.3) is 5.69 Å². The highest BCUT2D eigenvalue weighted by Crippen LogP contribution is 2.43. The second-order valence-corrected chi connectivity index (χ2v) is 6.75. The van der Waals surface area contributed by atoms with Gasteiger partial charge < -0.3 is 20.5 Å². The van der Waals surface area contributed by atoms with Gasteiger partial charge in [-0.25, -0.2) is 0 Å². The number of benzene rings is 2. The van der Waals surface area contributed by atoms with Gasteiger partial charge in [0.05, 0.1) is 4.92 Å². The highest BCUT2D eigenvalue weighted by molar-refractivity contribution is 5.59. The van der Waals surface area contributed by atoms with Gasteiger partial charge >= 0.3 is 0 Å². The van der Waals surface area contributed by atoms with Crippen molar-refractivity contribution in [1.82, 2.24) is 5.32 Å². The van der Waals surface area contributed by atoms with Gasteiger partial charge in [-0.3, -0.25) is 10.1 Å². The first kappa shape index (κ1) is 16.7. The standard InChI is InChI=1S/C19H21N3O4/c20-15-5-1-12(9-16(15)22(23)24)11-21-19(13-2-3-13)14-4-6-17-18(10-14)26-8-7-25-17/h1,4-6,9-10,13,19,21H,2-3,7-8,11,20H2/t19-/m0/s1. The first-order chi connectivity index (χ1) is 12.6. The molecule has 2 aliphatic rings. The molecule has 0 radical (unpaired) electrons. The van der Waals surface area contributed by atoms with Crippen LogP contribution in [0.1, 0.15) is 30.0 Å². The minimum absolute atomic E-state index is 0.0494. The lowest BCUT2D eigenvalue weighted by atomic mass is 10.0. The molecule has 1 saturated carbocycles. The van der Waals surface area contributed by atoms with Gasteiger partial charge in [0, 0.05) is 18.7 Å². The lowest BCUT2D eigenvalue weighted by molar-refractivity contribution is -0.384. The van der Waals surface area contributed by atoms with Crippen molar-refractivity contribution < 1.29 is 14.4 Å². The number of nitro benzene ring substituents is 1. The summed E-state index contributed by atoms with van der Waals surface area (Å²) in [6.45, 7) is 1.68. The number of nitrogens with one attached hydrogen (secondary N) is 1. The molecule has 26 heavy (non-hydrogen) atoms. The van der Waals surface area contributed by atoms with Crippen LogP contribution in [0.2, 0.25) is 0 Å². The summed E-state index contributed by atoms with van der Waals surface area (Å²) in [7, 11) is 0. The summed E-state index contributed by atoms with van der Waals surface area (Å²) in [5.41, 5.74) is 7.80. The van der Waals surface area contributed by atoms with Crippen molar-refractivity contribution in [3.05, 3.63) is 57.6 Å². The predicted molar refractivity (Wildman–Crippen MR) is 97.2 cm³/mol. The van der Waals surface area contributed by atoms with Gasteiger partial charge in [0.2, 0.25) is 0 Å². The van der Waals surface area contributed by atoms with Crippen LogP contribution in [0.15, 0.2) is 36.4 Å². The minimum atomic E-state index is -0.446. The molecule has 0 amide bonds. The molecule has 7 nitrogen and oxygen atoms in total. The van der Waals surface area contributed by atoms with Crippen LogP contribution in [0.5, 0.6) is 11.5 Å². The number of rotatable bonds is 6. The number of nitro groups is 1. The molecule has 0 spiro atoms.